The molecule has 3 N–H and O–H groups in total. The van der Waals surface area contributed by atoms with Crippen LogP contribution in [0, 0.1) is 0 Å². The number of nitrogens with one attached hydrogen (secondary N) is 1. The first-order valence-corrected chi connectivity index (χ1v) is 4.81. The summed E-state index contributed by atoms with van der Waals surface area (Å²) < 4.78 is 0. The number of amides is 1. The largest absolute Gasteiger partial charge is 0.368 e. The number of rotatable bonds is 4. The molecule has 0 spiro atoms. The van der Waals surface area contributed by atoms with E-state index in [4.69, 9.17) is 5.73 Å². The van der Waals surface area contributed by atoms with E-state index in [1.54, 1.807) is 25.5 Å². The third-order valence-electron chi connectivity index (χ3n) is 2.15. The summed E-state index contributed by atoms with van der Waals surface area (Å²) >= 11 is 0. The molecule has 1 aromatic heterocycles. The number of hydrogen-bond donors (Lipinski definition) is 2. The maximum absolute atomic E-state index is 11.4. The highest BCUT2D eigenvalue weighted by Crippen LogP contribution is 2.17. The summed E-state index contributed by atoms with van der Waals surface area (Å²) in [7, 11) is 0. The smallest absolute Gasteiger partial charge is 0.243 e. The number of aromatic nitrogens is 2. The van der Waals surface area contributed by atoms with Crippen LogP contribution in [0.1, 0.15) is 26.5 Å². The standard InChI is InChI=1S/C10H16N4O/c1-7(2)14-10(3,9(11)15)8-6-12-4-5-13-8/h4-7,14H,1-3H3,(H2,11,15). The lowest BCUT2D eigenvalue weighted by atomic mass is 9.96. The minimum absolute atomic E-state index is 0.129. The molecule has 15 heavy (non-hydrogen) atoms. The SMILES string of the molecule is CC(C)NC(C)(C(N)=O)c1cnccn1. The molecule has 5 nitrogen and oxygen atoms in total. The molecule has 0 saturated heterocycles. The molecule has 0 fully saturated rings. The van der Waals surface area contributed by atoms with Crippen molar-refractivity contribution in [3.05, 3.63) is 24.3 Å². The summed E-state index contributed by atoms with van der Waals surface area (Å²) in [6.07, 6.45) is 4.64. The highest BCUT2D eigenvalue weighted by molar-refractivity contribution is 5.85. The van der Waals surface area contributed by atoms with Gasteiger partial charge in [-0.05, 0) is 20.8 Å². The first-order chi connectivity index (χ1) is 6.97. The predicted molar refractivity (Wildman–Crippen MR) is 56.9 cm³/mol. The Morgan fingerprint density at radius 1 is 1.53 bits per heavy atom. The van der Waals surface area contributed by atoms with Crippen LogP contribution in [-0.2, 0) is 10.3 Å². The summed E-state index contributed by atoms with van der Waals surface area (Å²) in [4.78, 5) is 19.5. The van der Waals surface area contributed by atoms with Crippen molar-refractivity contribution >= 4 is 5.91 Å². The van der Waals surface area contributed by atoms with Crippen LogP contribution in [0.25, 0.3) is 0 Å². The predicted octanol–water partition coefficient (Wildman–Crippen LogP) is 0.175. The zero-order chi connectivity index (χ0) is 11.5. The molecule has 1 heterocycles. The molecule has 1 aromatic rings. The molecule has 0 aliphatic heterocycles. The van der Waals surface area contributed by atoms with Crippen LogP contribution in [0.2, 0.25) is 0 Å². The lowest BCUT2D eigenvalue weighted by molar-refractivity contribution is -0.124. The van der Waals surface area contributed by atoms with E-state index in [9.17, 15) is 4.79 Å². The molecule has 0 aromatic carbocycles. The van der Waals surface area contributed by atoms with E-state index in [2.05, 4.69) is 15.3 Å². The van der Waals surface area contributed by atoms with Crippen molar-refractivity contribution in [3.8, 4) is 0 Å². The van der Waals surface area contributed by atoms with Crippen LogP contribution in [0.4, 0.5) is 0 Å². The maximum Gasteiger partial charge on any atom is 0.243 e. The molecule has 1 atom stereocenters. The number of carbonyl (C=O) groups excluding carboxylic acids is 1. The van der Waals surface area contributed by atoms with Crippen molar-refractivity contribution in [3.63, 3.8) is 0 Å². The molecule has 5 heteroatoms. The number of carbonyl (C=O) groups is 1. The van der Waals surface area contributed by atoms with Crippen LogP contribution in [0.5, 0.6) is 0 Å². The van der Waals surface area contributed by atoms with Crippen LogP contribution in [-0.4, -0.2) is 21.9 Å². The van der Waals surface area contributed by atoms with Gasteiger partial charge in [0.2, 0.25) is 5.91 Å². The van der Waals surface area contributed by atoms with Crippen molar-refractivity contribution < 1.29 is 4.79 Å². The maximum atomic E-state index is 11.4. The van der Waals surface area contributed by atoms with E-state index < -0.39 is 11.4 Å². The first-order valence-electron chi connectivity index (χ1n) is 4.81. The molecule has 1 rings (SSSR count). The normalized spacial score (nSPS) is 14.9. The van der Waals surface area contributed by atoms with Crippen LogP contribution >= 0.6 is 0 Å². The van der Waals surface area contributed by atoms with Crippen molar-refractivity contribution in [2.75, 3.05) is 0 Å². The monoisotopic (exact) mass is 208 g/mol. The van der Waals surface area contributed by atoms with Gasteiger partial charge in [-0.25, -0.2) is 0 Å². The highest BCUT2D eigenvalue weighted by Gasteiger charge is 2.35. The third kappa shape index (κ3) is 2.50. The topological polar surface area (TPSA) is 80.9 Å². The molecule has 82 valence electrons. The zero-order valence-electron chi connectivity index (χ0n) is 9.19. The van der Waals surface area contributed by atoms with E-state index in [1.807, 2.05) is 13.8 Å². The molecular weight excluding hydrogens is 192 g/mol. The Labute approximate surface area is 89.1 Å². The van der Waals surface area contributed by atoms with E-state index in [-0.39, 0.29) is 6.04 Å². The molecule has 0 aliphatic carbocycles. The van der Waals surface area contributed by atoms with Gasteiger partial charge in [-0.3, -0.25) is 20.1 Å². The van der Waals surface area contributed by atoms with Gasteiger partial charge in [0.25, 0.3) is 0 Å². The van der Waals surface area contributed by atoms with E-state index in [0.29, 0.717) is 5.69 Å². The lowest BCUT2D eigenvalue weighted by Gasteiger charge is -2.28. The van der Waals surface area contributed by atoms with E-state index in [0.717, 1.165) is 0 Å². The fourth-order valence-corrected chi connectivity index (χ4v) is 1.41. The number of nitrogens with zero attached hydrogens (tertiary/aromatic N) is 2. The second-order valence-corrected chi connectivity index (χ2v) is 3.88. The lowest BCUT2D eigenvalue weighted by Crippen LogP contribution is -2.53. The van der Waals surface area contributed by atoms with Gasteiger partial charge in [0.05, 0.1) is 11.9 Å². The Morgan fingerprint density at radius 2 is 2.20 bits per heavy atom. The van der Waals surface area contributed by atoms with Crippen molar-refractivity contribution in [1.29, 1.82) is 0 Å². The van der Waals surface area contributed by atoms with Gasteiger partial charge >= 0.3 is 0 Å². The average molecular weight is 208 g/mol. The minimum atomic E-state index is -0.970. The van der Waals surface area contributed by atoms with Crippen molar-refractivity contribution in [2.24, 2.45) is 5.73 Å². The highest BCUT2D eigenvalue weighted by atomic mass is 16.1. The number of nitrogens with two attached hydrogens (primary N) is 1. The minimum Gasteiger partial charge on any atom is -0.368 e. The first kappa shape index (κ1) is 11.6. The number of primary amides is 1. The zero-order valence-corrected chi connectivity index (χ0v) is 9.19. The molecular formula is C10H16N4O. The van der Waals surface area contributed by atoms with Gasteiger partial charge in [0.15, 0.2) is 0 Å². The van der Waals surface area contributed by atoms with Gasteiger partial charge in [-0.15, -0.1) is 0 Å². The van der Waals surface area contributed by atoms with E-state index in [1.165, 1.54) is 0 Å². The molecule has 1 unspecified atom stereocenters. The van der Waals surface area contributed by atoms with Crippen molar-refractivity contribution in [2.45, 2.75) is 32.4 Å². The second-order valence-electron chi connectivity index (χ2n) is 3.88. The van der Waals surface area contributed by atoms with Crippen LogP contribution in [0.3, 0.4) is 0 Å². The van der Waals surface area contributed by atoms with E-state index >= 15 is 0 Å². The molecule has 0 aliphatic rings. The van der Waals surface area contributed by atoms with Crippen LogP contribution in [0.15, 0.2) is 18.6 Å². The Bertz CT molecular complexity index is 339. The fraction of sp³-hybridized carbons (Fsp3) is 0.500. The Morgan fingerprint density at radius 3 is 2.60 bits per heavy atom. The van der Waals surface area contributed by atoms with Gasteiger partial charge in [-0.2, -0.15) is 0 Å². The Balaban J connectivity index is 3.07. The summed E-state index contributed by atoms with van der Waals surface area (Å²) in [5.74, 6) is -0.461. The summed E-state index contributed by atoms with van der Waals surface area (Å²) in [5, 5.41) is 3.09. The quantitative estimate of drug-likeness (QED) is 0.739. The summed E-state index contributed by atoms with van der Waals surface area (Å²) in [6.45, 7) is 5.59. The van der Waals surface area contributed by atoms with Crippen LogP contribution < -0.4 is 11.1 Å². The molecule has 0 bridgehead atoms. The Hall–Kier alpha value is -1.49. The fourth-order valence-electron chi connectivity index (χ4n) is 1.41. The van der Waals surface area contributed by atoms with Gasteiger partial charge in [0, 0.05) is 18.4 Å². The summed E-state index contributed by atoms with van der Waals surface area (Å²) in [5.41, 5.74) is 4.95. The molecule has 0 radical (unpaired) electrons. The average Bonchev–Trinajstić information content (AvgIpc) is 2.17. The summed E-state index contributed by atoms with van der Waals surface area (Å²) in [6, 6.07) is 0.129. The van der Waals surface area contributed by atoms with Crippen molar-refractivity contribution in [1.82, 2.24) is 15.3 Å². The molecule has 1 amide bonds. The molecule has 0 saturated carbocycles. The number of hydrogen-bond acceptors (Lipinski definition) is 4. The third-order valence-corrected chi connectivity index (χ3v) is 2.15. The van der Waals surface area contributed by atoms with Gasteiger partial charge < -0.3 is 5.73 Å². The Kier molecular flexibility index (Phi) is 3.36. The van der Waals surface area contributed by atoms with Gasteiger partial charge in [0.1, 0.15) is 5.54 Å². The van der Waals surface area contributed by atoms with Gasteiger partial charge in [-0.1, -0.05) is 0 Å². The second kappa shape index (κ2) is 4.35.